The third-order valence-corrected chi connectivity index (χ3v) is 3.94. The van der Waals surface area contributed by atoms with Crippen molar-refractivity contribution >= 4 is 34.8 Å². The maximum absolute atomic E-state index is 12.1. The van der Waals surface area contributed by atoms with Crippen molar-refractivity contribution in [3.63, 3.8) is 0 Å². The summed E-state index contributed by atoms with van der Waals surface area (Å²) in [5.41, 5.74) is 5.60. The Hall–Kier alpha value is -1.11. The number of nitrogen functional groups attached to an aromatic ring is 1. The van der Waals surface area contributed by atoms with Crippen molar-refractivity contribution in [2.75, 3.05) is 25.9 Å². The summed E-state index contributed by atoms with van der Waals surface area (Å²) in [5.74, 6) is 0.190. The molecule has 0 saturated carbocycles. The van der Waals surface area contributed by atoms with E-state index in [-0.39, 0.29) is 24.4 Å². The van der Waals surface area contributed by atoms with Gasteiger partial charge in [-0.15, -0.1) is 30.3 Å². The first-order valence-electron chi connectivity index (χ1n) is 5.92. The second-order valence-corrected chi connectivity index (χ2v) is 5.60. The summed E-state index contributed by atoms with van der Waals surface area (Å²) in [6.45, 7) is 5.83. The molecule has 5 nitrogen and oxygen atoms in total. The van der Waals surface area contributed by atoms with Gasteiger partial charge in [-0.05, 0) is 13.5 Å². The number of nitrogens with two attached hydrogens (primary N) is 1. The second kappa shape index (κ2) is 6.88. The van der Waals surface area contributed by atoms with Gasteiger partial charge in [0.2, 0.25) is 5.91 Å². The van der Waals surface area contributed by atoms with Gasteiger partial charge in [-0.1, -0.05) is 6.08 Å². The number of amides is 1. The number of rotatable bonds is 5. The average Bonchev–Trinajstić information content (AvgIpc) is 2.87. The molecule has 1 aliphatic rings. The Morgan fingerprint density at radius 2 is 2.47 bits per heavy atom. The van der Waals surface area contributed by atoms with Crippen LogP contribution < -0.4 is 5.73 Å². The van der Waals surface area contributed by atoms with Crippen LogP contribution in [0.5, 0.6) is 0 Å². The summed E-state index contributed by atoms with van der Waals surface area (Å²) in [7, 11) is 1.97. The zero-order chi connectivity index (χ0) is 13.1. The van der Waals surface area contributed by atoms with E-state index < -0.39 is 0 Å². The summed E-state index contributed by atoms with van der Waals surface area (Å²) in [4.78, 5) is 21.2. The van der Waals surface area contributed by atoms with Crippen LogP contribution in [0.15, 0.2) is 18.9 Å². The van der Waals surface area contributed by atoms with Crippen LogP contribution in [0.1, 0.15) is 11.3 Å². The highest BCUT2D eigenvalue weighted by molar-refractivity contribution is 7.15. The Kier molecular flexibility index (Phi) is 5.78. The van der Waals surface area contributed by atoms with Crippen LogP contribution in [-0.2, 0) is 11.3 Å². The minimum absolute atomic E-state index is 0. The Morgan fingerprint density at radius 3 is 3.05 bits per heavy atom. The Balaban J connectivity index is 0.00000180. The lowest BCUT2D eigenvalue weighted by atomic mass is 10.2. The van der Waals surface area contributed by atoms with Crippen LogP contribution in [0.25, 0.3) is 0 Å². The highest BCUT2D eigenvalue weighted by atomic mass is 35.5. The molecule has 2 N–H and O–H groups in total. The molecule has 1 atom stereocenters. The number of likely N-dealkylation sites (N-methyl/N-ethyl adjacent to an activating group) is 1. The predicted molar refractivity (Wildman–Crippen MR) is 80.4 cm³/mol. The quantitative estimate of drug-likeness (QED) is 0.835. The van der Waals surface area contributed by atoms with Gasteiger partial charge in [0.05, 0.1) is 6.04 Å². The number of likely N-dealkylation sites (tertiary alicyclic amines) is 1. The minimum atomic E-state index is -0.0340. The number of nitrogens with zero attached hydrogens (tertiary/aromatic N) is 3. The maximum atomic E-state index is 12.1. The van der Waals surface area contributed by atoms with E-state index >= 15 is 0 Å². The molecule has 1 saturated heterocycles. The topological polar surface area (TPSA) is 62.5 Å². The largest absolute Gasteiger partial charge is 0.375 e. The first-order valence-corrected chi connectivity index (χ1v) is 6.73. The smallest absolute Gasteiger partial charge is 0.240 e. The minimum Gasteiger partial charge on any atom is -0.375 e. The van der Waals surface area contributed by atoms with Gasteiger partial charge in [0, 0.05) is 30.7 Å². The van der Waals surface area contributed by atoms with Crippen molar-refractivity contribution in [1.29, 1.82) is 0 Å². The lowest BCUT2D eigenvalue weighted by Crippen LogP contribution is -2.39. The highest BCUT2D eigenvalue weighted by Gasteiger charge is 2.33. The zero-order valence-corrected chi connectivity index (χ0v) is 12.5. The third kappa shape index (κ3) is 3.68. The normalized spacial score (nSPS) is 18.7. The van der Waals surface area contributed by atoms with Crippen LogP contribution in [0.4, 0.5) is 5.13 Å². The molecule has 1 aromatic heterocycles. The van der Waals surface area contributed by atoms with E-state index in [1.165, 1.54) is 11.3 Å². The number of carbonyl (C=O) groups excluding carboxylic acids is 1. The molecule has 2 rings (SSSR count). The number of thiazole rings is 1. The molecule has 1 aliphatic heterocycles. The fourth-order valence-electron chi connectivity index (χ4n) is 2.22. The van der Waals surface area contributed by atoms with E-state index in [9.17, 15) is 4.79 Å². The first-order chi connectivity index (χ1) is 8.61. The first kappa shape index (κ1) is 15.9. The summed E-state index contributed by atoms with van der Waals surface area (Å²) in [5, 5.41) is 0.574. The number of halogens is 1. The average molecular weight is 303 g/mol. The Bertz CT molecular complexity index is 451. The molecule has 2 heterocycles. The molecular weight excluding hydrogens is 284 g/mol. The van der Waals surface area contributed by atoms with Gasteiger partial charge in [0.25, 0.3) is 0 Å². The van der Waals surface area contributed by atoms with E-state index in [4.69, 9.17) is 5.73 Å². The van der Waals surface area contributed by atoms with Gasteiger partial charge in [-0.3, -0.25) is 9.69 Å². The molecule has 0 aliphatic carbocycles. The molecule has 1 unspecified atom stereocenters. The van der Waals surface area contributed by atoms with Gasteiger partial charge in [-0.25, -0.2) is 4.98 Å². The van der Waals surface area contributed by atoms with Gasteiger partial charge in [-0.2, -0.15) is 0 Å². The molecule has 7 heteroatoms. The number of carbonyl (C=O) groups is 1. The molecular formula is C12H19ClN4OS. The van der Waals surface area contributed by atoms with E-state index in [2.05, 4.69) is 16.5 Å². The second-order valence-electron chi connectivity index (χ2n) is 4.46. The monoisotopic (exact) mass is 302 g/mol. The number of aromatic nitrogens is 1. The molecule has 0 bridgehead atoms. The van der Waals surface area contributed by atoms with Gasteiger partial charge < -0.3 is 10.6 Å². The molecule has 0 aromatic carbocycles. The van der Waals surface area contributed by atoms with Crippen molar-refractivity contribution in [3.8, 4) is 0 Å². The van der Waals surface area contributed by atoms with Gasteiger partial charge >= 0.3 is 0 Å². The van der Waals surface area contributed by atoms with Crippen LogP contribution in [0.2, 0.25) is 0 Å². The maximum Gasteiger partial charge on any atom is 0.240 e. The molecule has 0 spiro atoms. The number of anilines is 1. The van der Waals surface area contributed by atoms with Gasteiger partial charge in [0.1, 0.15) is 0 Å². The van der Waals surface area contributed by atoms with Crippen LogP contribution >= 0.6 is 23.7 Å². The molecule has 1 fully saturated rings. The van der Waals surface area contributed by atoms with Crippen molar-refractivity contribution in [3.05, 3.63) is 23.7 Å². The summed E-state index contributed by atoms with van der Waals surface area (Å²) in [6.07, 6.45) is 4.42. The molecule has 19 heavy (non-hydrogen) atoms. The van der Waals surface area contributed by atoms with E-state index in [0.717, 1.165) is 17.8 Å². The Morgan fingerprint density at radius 1 is 1.74 bits per heavy atom. The standard InChI is InChI=1S/C12H18N4OS.ClH/c1-3-5-16-6-4-10(11(16)17)15(2)8-9-7-14-12(13)18-9;/h3,7,10H,1,4-6,8H2,2H3,(H2,13,14);1H. The SMILES string of the molecule is C=CCN1CCC(N(C)Cc2cnc(N)s2)C1=O.Cl. The van der Waals surface area contributed by atoms with Gasteiger partial charge in [0.15, 0.2) is 5.13 Å². The molecule has 0 radical (unpaired) electrons. The Labute approximate surface area is 123 Å². The van der Waals surface area contributed by atoms with E-state index in [1.54, 1.807) is 12.3 Å². The lowest BCUT2D eigenvalue weighted by Gasteiger charge is -2.22. The zero-order valence-electron chi connectivity index (χ0n) is 10.9. The van der Waals surface area contributed by atoms with Crippen molar-refractivity contribution < 1.29 is 4.79 Å². The number of hydrogen-bond acceptors (Lipinski definition) is 5. The summed E-state index contributed by atoms with van der Waals surface area (Å²) < 4.78 is 0. The predicted octanol–water partition coefficient (Wildman–Crippen LogP) is 1.37. The molecule has 106 valence electrons. The van der Waals surface area contributed by atoms with Crippen molar-refractivity contribution in [1.82, 2.24) is 14.8 Å². The number of hydrogen-bond donors (Lipinski definition) is 1. The van der Waals surface area contributed by atoms with Crippen LogP contribution in [0.3, 0.4) is 0 Å². The van der Waals surface area contributed by atoms with E-state index in [1.807, 2.05) is 11.9 Å². The summed E-state index contributed by atoms with van der Waals surface area (Å²) in [6, 6.07) is -0.0340. The van der Waals surface area contributed by atoms with Crippen molar-refractivity contribution in [2.45, 2.75) is 19.0 Å². The van der Waals surface area contributed by atoms with E-state index in [0.29, 0.717) is 18.2 Å². The summed E-state index contributed by atoms with van der Waals surface area (Å²) >= 11 is 1.47. The fraction of sp³-hybridized carbons (Fsp3) is 0.500. The fourth-order valence-corrected chi connectivity index (χ4v) is 2.97. The molecule has 1 aromatic rings. The molecule has 1 amide bonds. The van der Waals surface area contributed by atoms with Crippen molar-refractivity contribution in [2.24, 2.45) is 0 Å². The van der Waals surface area contributed by atoms with Crippen LogP contribution in [0, 0.1) is 0 Å². The van der Waals surface area contributed by atoms with Crippen LogP contribution in [-0.4, -0.2) is 46.9 Å². The third-order valence-electron chi connectivity index (χ3n) is 3.13. The lowest BCUT2D eigenvalue weighted by molar-refractivity contribution is -0.131. The highest BCUT2D eigenvalue weighted by Crippen LogP contribution is 2.21.